The molecule has 0 aliphatic carbocycles. The third-order valence-corrected chi connectivity index (χ3v) is 5.60. The van der Waals surface area contributed by atoms with Crippen molar-refractivity contribution in [3.8, 4) is 0 Å². The quantitative estimate of drug-likeness (QED) is 0.823. The first-order chi connectivity index (χ1) is 12.8. The predicted octanol–water partition coefficient (Wildman–Crippen LogP) is 1.18. The van der Waals surface area contributed by atoms with Crippen LogP contribution in [-0.4, -0.2) is 56.4 Å². The van der Waals surface area contributed by atoms with Gasteiger partial charge in [-0.05, 0) is 12.8 Å². The highest BCUT2D eigenvalue weighted by molar-refractivity contribution is 5.95. The molecule has 0 bridgehead atoms. The molecule has 26 heavy (non-hydrogen) atoms. The molecule has 1 amide bonds. The van der Waals surface area contributed by atoms with Crippen LogP contribution in [-0.2, 0) is 29.2 Å². The van der Waals surface area contributed by atoms with Crippen molar-refractivity contribution in [3.05, 3.63) is 30.1 Å². The highest BCUT2D eigenvalue weighted by Gasteiger charge is 2.28. The highest BCUT2D eigenvalue weighted by Crippen LogP contribution is 2.26. The molecule has 138 valence electrons. The van der Waals surface area contributed by atoms with Gasteiger partial charge < -0.3 is 14.2 Å². The molecule has 3 aliphatic rings. The number of fused-ring (bicyclic) bond motifs is 1. The van der Waals surface area contributed by atoms with Crippen LogP contribution in [0.3, 0.4) is 0 Å². The van der Waals surface area contributed by atoms with Crippen molar-refractivity contribution in [2.45, 2.75) is 45.0 Å². The van der Waals surface area contributed by atoms with Gasteiger partial charge in [0.05, 0.1) is 30.2 Å². The number of nitrogens with zero attached hydrogens (tertiary/aromatic N) is 6. The molecule has 5 rings (SSSR count). The number of anilines is 1. The van der Waals surface area contributed by atoms with Gasteiger partial charge >= 0.3 is 0 Å². The first-order valence-corrected chi connectivity index (χ1v) is 9.46. The molecular weight excluding hydrogens is 332 g/mol. The van der Waals surface area contributed by atoms with E-state index in [2.05, 4.69) is 20.8 Å². The van der Waals surface area contributed by atoms with Gasteiger partial charge in [-0.1, -0.05) is 0 Å². The van der Waals surface area contributed by atoms with E-state index in [4.69, 9.17) is 9.72 Å². The molecule has 2 aromatic heterocycles. The standard InChI is InChI=1S/C18H24N6O2/c25-18-2-1-4-23(18)16-8-19-24(12-16)15-3-5-21(11-15)9-14-10-22-6-7-26-13-17(22)20-14/h8,10,12,15H,1-7,9,11,13H2. The maximum atomic E-state index is 11.9. The Balaban J connectivity index is 1.22. The lowest BCUT2D eigenvalue weighted by Gasteiger charge is -2.15. The highest BCUT2D eigenvalue weighted by atomic mass is 16.5. The fraction of sp³-hybridized carbons (Fsp3) is 0.611. The molecule has 1 unspecified atom stereocenters. The molecule has 0 spiro atoms. The maximum absolute atomic E-state index is 11.9. The molecule has 0 N–H and O–H groups in total. The SMILES string of the molecule is O=C1CCCN1c1cnn(C2CCN(Cc3cn4c(n3)COCC4)C2)c1. The van der Waals surface area contributed by atoms with Crippen molar-refractivity contribution in [1.82, 2.24) is 24.2 Å². The lowest BCUT2D eigenvalue weighted by atomic mass is 10.3. The van der Waals surface area contributed by atoms with Crippen LogP contribution in [0, 0.1) is 0 Å². The molecule has 2 fully saturated rings. The van der Waals surface area contributed by atoms with E-state index in [-0.39, 0.29) is 5.91 Å². The zero-order valence-corrected chi connectivity index (χ0v) is 14.9. The average molecular weight is 356 g/mol. The van der Waals surface area contributed by atoms with E-state index in [1.807, 2.05) is 22.0 Å². The molecular formula is C18H24N6O2. The number of hydrogen-bond donors (Lipinski definition) is 0. The van der Waals surface area contributed by atoms with E-state index in [9.17, 15) is 4.79 Å². The number of ether oxygens (including phenoxy) is 1. The zero-order valence-electron chi connectivity index (χ0n) is 14.9. The lowest BCUT2D eigenvalue weighted by molar-refractivity contribution is -0.117. The number of hydrogen-bond acceptors (Lipinski definition) is 5. The number of carbonyl (C=O) groups is 1. The summed E-state index contributed by atoms with van der Waals surface area (Å²) in [5.74, 6) is 1.25. The maximum Gasteiger partial charge on any atom is 0.227 e. The topological polar surface area (TPSA) is 68.4 Å². The molecule has 2 aromatic rings. The summed E-state index contributed by atoms with van der Waals surface area (Å²) in [6.07, 6.45) is 8.70. The fourth-order valence-electron chi connectivity index (χ4n) is 4.21. The van der Waals surface area contributed by atoms with Gasteiger partial charge in [-0.15, -0.1) is 0 Å². The summed E-state index contributed by atoms with van der Waals surface area (Å²) in [5.41, 5.74) is 2.06. The van der Waals surface area contributed by atoms with Gasteiger partial charge in [-0.2, -0.15) is 5.10 Å². The van der Waals surface area contributed by atoms with Gasteiger partial charge in [0.1, 0.15) is 12.4 Å². The van der Waals surface area contributed by atoms with Crippen LogP contribution in [0.4, 0.5) is 5.69 Å². The van der Waals surface area contributed by atoms with E-state index in [1.54, 1.807) is 0 Å². The second kappa shape index (κ2) is 6.51. The summed E-state index contributed by atoms with van der Waals surface area (Å²) < 4.78 is 9.71. The summed E-state index contributed by atoms with van der Waals surface area (Å²) >= 11 is 0. The third kappa shape index (κ3) is 2.93. The molecule has 3 aliphatic heterocycles. The molecule has 0 aromatic carbocycles. The van der Waals surface area contributed by atoms with Crippen LogP contribution in [0.25, 0.3) is 0 Å². The number of rotatable bonds is 4. The normalized spacial score (nSPS) is 23.8. The van der Waals surface area contributed by atoms with Crippen LogP contribution in [0.5, 0.6) is 0 Å². The third-order valence-electron chi connectivity index (χ3n) is 5.60. The lowest BCUT2D eigenvalue weighted by Crippen LogP contribution is -2.23. The number of aromatic nitrogens is 4. The van der Waals surface area contributed by atoms with E-state index in [0.29, 0.717) is 19.1 Å². The average Bonchev–Trinajstić information content (AvgIpc) is 3.40. The Morgan fingerprint density at radius 2 is 2.19 bits per heavy atom. The Hall–Kier alpha value is -2.19. The molecule has 2 saturated heterocycles. The number of carbonyl (C=O) groups excluding carboxylic acids is 1. The first-order valence-electron chi connectivity index (χ1n) is 9.46. The molecule has 0 radical (unpaired) electrons. The van der Waals surface area contributed by atoms with Gasteiger partial charge in [0.2, 0.25) is 5.91 Å². The Morgan fingerprint density at radius 3 is 3.04 bits per heavy atom. The van der Waals surface area contributed by atoms with E-state index in [0.717, 1.165) is 69.4 Å². The van der Waals surface area contributed by atoms with Gasteiger partial charge in [-0.25, -0.2) is 4.98 Å². The van der Waals surface area contributed by atoms with Crippen molar-refractivity contribution in [2.75, 3.05) is 31.1 Å². The zero-order chi connectivity index (χ0) is 17.5. The van der Waals surface area contributed by atoms with Crippen molar-refractivity contribution < 1.29 is 9.53 Å². The molecule has 5 heterocycles. The number of imidazole rings is 1. The van der Waals surface area contributed by atoms with Gasteiger partial charge in [-0.3, -0.25) is 14.4 Å². The summed E-state index contributed by atoms with van der Waals surface area (Å²) in [5, 5.41) is 4.53. The Bertz CT molecular complexity index is 789. The molecule has 8 nitrogen and oxygen atoms in total. The summed E-state index contributed by atoms with van der Waals surface area (Å²) in [6, 6.07) is 0.363. The molecule has 1 atom stereocenters. The minimum atomic E-state index is 0.213. The van der Waals surface area contributed by atoms with Crippen LogP contribution < -0.4 is 4.90 Å². The summed E-state index contributed by atoms with van der Waals surface area (Å²) in [4.78, 5) is 20.9. The summed E-state index contributed by atoms with van der Waals surface area (Å²) in [6.45, 7) is 5.99. The van der Waals surface area contributed by atoms with E-state index >= 15 is 0 Å². The first kappa shape index (κ1) is 16.0. The van der Waals surface area contributed by atoms with Crippen molar-refractivity contribution >= 4 is 11.6 Å². The van der Waals surface area contributed by atoms with E-state index < -0.39 is 0 Å². The van der Waals surface area contributed by atoms with Crippen molar-refractivity contribution in [3.63, 3.8) is 0 Å². The van der Waals surface area contributed by atoms with Crippen LogP contribution >= 0.6 is 0 Å². The second-order valence-electron chi connectivity index (χ2n) is 7.40. The smallest absolute Gasteiger partial charge is 0.227 e. The minimum Gasteiger partial charge on any atom is -0.372 e. The van der Waals surface area contributed by atoms with Gasteiger partial charge in [0.15, 0.2) is 0 Å². The molecule has 8 heteroatoms. The van der Waals surface area contributed by atoms with Gasteiger partial charge in [0, 0.05) is 51.5 Å². The van der Waals surface area contributed by atoms with Crippen LogP contribution in [0.2, 0.25) is 0 Å². The number of likely N-dealkylation sites (tertiary alicyclic amines) is 1. The predicted molar refractivity (Wildman–Crippen MR) is 94.6 cm³/mol. The monoisotopic (exact) mass is 356 g/mol. The van der Waals surface area contributed by atoms with Crippen LogP contribution in [0.1, 0.15) is 36.8 Å². The van der Waals surface area contributed by atoms with E-state index in [1.165, 1.54) is 0 Å². The Labute approximate surface area is 152 Å². The second-order valence-corrected chi connectivity index (χ2v) is 7.40. The number of amides is 1. The van der Waals surface area contributed by atoms with Crippen molar-refractivity contribution in [2.24, 2.45) is 0 Å². The Morgan fingerprint density at radius 1 is 1.23 bits per heavy atom. The summed E-state index contributed by atoms with van der Waals surface area (Å²) in [7, 11) is 0. The Kier molecular flexibility index (Phi) is 4.01. The minimum absolute atomic E-state index is 0.213. The van der Waals surface area contributed by atoms with Crippen LogP contribution in [0.15, 0.2) is 18.6 Å². The van der Waals surface area contributed by atoms with Gasteiger partial charge in [0.25, 0.3) is 0 Å². The largest absolute Gasteiger partial charge is 0.372 e. The fourth-order valence-corrected chi connectivity index (χ4v) is 4.21. The van der Waals surface area contributed by atoms with Crippen molar-refractivity contribution in [1.29, 1.82) is 0 Å². The molecule has 0 saturated carbocycles.